The quantitative estimate of drug-likeness (QED) is 0.693. The lowest BCUT2D eigenvalue weighted by molar-refractivity contribution is -0.384. The number of nitro groups is 1. The summed E-state index contributed by atoms with van der Waals surface area (Å²) in [5.74, 6) is 1.45. The second-order valence-electron chi connectivity index (χ2n) is 5.37. The van der Waals surface area contributed by atoms with Crippen molar-refractivity contribution in [2.45, 2.75) is 12.3 Å². The molecule has 2 heterocycles. The number of hydrogen-bond acceptors (Lipinski definition) is 6. The molecule has 2 aliphatic heterocycles. The molecule has 4 rings (SSSR count). The Kier molecular flexibility index (Phi) is 3.36. The second-order valence-corrected chi connectivity index (χ2v) is 5.37. The molecule has 2 aliphatic rings. The highest BCUT2D eigenvalue weighted by atomic mass is 16.7. The maximum absolute atomic E-state index is 10.7. The van der Waals surface area contributed by atoms with Crippen molar-refractivity contribution in [3.8, 4) is 11.5 Å². The molecule has 1 fully saturated rings. The summed E-state index contributed by atoms with van der Waals surface area (Å²) in [6.45, 7) is 0.875. The molecular weight excluding hydrogens is 300 g/mol. The van der Waals surface area contributed by atoms with Crippen molar-refractivity contribution < 1.29 is 19.1 Å². The maximum atomic E-state index is 10.7. The first-order valence-corrected chi connectivity index (χ1v) is 7.23. The predicted octanol–water partition coefficient (Wildman–Crippen LogP) is 2.68. The van der Waals surface area contributed by atoms with E-state index < -0.39 is 4.92 Å². The van der Waals surface area contributed by atoms with Gasteiger partial charge >= 0.3 is 0 Å². The van der Waals surface area contributed by atoms with Crippen LogP contribution in [0.3, 0.4) is 0 Å². The first-order chi connectivity index (χ1) is 11.2. The average Bonchev–Trinajstić information content (AvgIpc) is 3.23. The van der Waals surface area contributed by atoms with Crippen LogP contribution in [0.4, 0.5) is 5.69 Å². The molecule has 0 aliphatic carbocycles. The van der Waals surface area contributed by atoms with Crippen molar-refractivity contribution >= 4 is 5.69 Å². The van der Waals surface area contributed by atoms with Crippen molar-refractivity contribution in [3.05, 3.63) is 63.7 Å². The van der Waals surface area contributed by atoms with Gasteiger partial charge < -0.3 is 14.2 Å². The molecule has 23 heavy (non-hydrogen) atoms. The fraction of sp³-hybridized carbons (Fsp3) is 0.250. The first-order valence-electron chi connectivity index (χ1n) is 7.23. The van der Waals surface area contributed by atoms with E-state index >= 15 is 0 Å². The molecule has 0 saturated carbocycles. The Morgan fingerprint density at radius 2 is 1.78 bits per heavy atom. The molecule has 0 bridgehead atoms. The van der Waals surface area contributed by atoms with Crippen LogP contribution in [0.15, 0.2) is 42.5 Å². The summed E-state index contributed by atoms with van der Waals surface area (Å²) in [7, 11) is 0. The molecule has 0 spiro atoms. The number of fused-ring (bicyclic) bond motifs is 1. The molecule has 0 aromatic heterocycles. The summed E-state index contributed by atoms with van der Waals surface area (Å²) in [6, 6.07) is 12.1. The van der Waals surface area contributed by atoms with Gasteiger partial charge in [-0.2, -0.15) is 0 Å². The van der Waals surface area contributed by atoms with Crippen LogP contribution < -0.4 is 14.8 Å². The predicted molar refractivity (Wildman–Crippen MR) is 80.2 cm³/mol. The third kappa shape index (κ3) is 2.60. The minimum atomic E-state index is -0.410. The zero-order valence-corrected chi connectivity index (χ0v) is 12.1. The molecule has 2 aromatic carbocycles. The number of hydrogen-bond donors (Lipinski definition) is 1. The van der Waals surface area contributed by atoms with Crippen molar-refractivity contribution in [1.29, 1.82) is 0 Å². The summed E-state index contributed by atoms with van der Waals surface area (Å²) < 4.78 is 16.7. The van der Waals surface area contributed by atoms with Crippen molar-refractivity contribution in [2.75, 3.05) is 13.3 Å². The summed E-state index contributed by atoms with van der Waals surface area (Å²) >= 11 is 0. The Balaban J connectivity index is 1.49. The van der Waals surface area contributed by atoms with E-state index in [1.165, 1.54) is 12.1 Å². The molecular formula is C16H14N2O5. The van der Waals surface area contributed by atoms with Gasteiger partial charge in [-0.3, -0.25) is 15.4 Å². The standard InChI is InChI=1S/C16H14N2O5/c19-18(20)12-4-1-10(2-5-12)15-8-17-16(23-15)11-3-6-13-14(7-11)22-9-21-13/h1-7,15-17H,8-9H2. The molecule has 0 amide bonds. The highest BCUT2D eigenvalue weighted by Gasteiger charge is 2.28. The lowest BCUT2D eigenvalue weighted by atomic mass is 10.1. The van der Waals surface area contributed by atoms with Gasteiger partial charge in [0.15, 0.2) is 11.5 Å². The maximum Gasteiger partial charge on any atom is 0.269 e. The van der Waals surface area contributed by atoms with E-state index in [1.807, 2.05) is 18.2 Å². The van der Waals surface area contributed by atoms with Crippen molar-refractivity contribution in [2.24, 2.45) is 0 Å². The Morgan fingerprint density at radius 1 is 1.04 bits per heavy atom. The third-order valence-corrected chi connectivity index (χ3v) is 3.96. The fourth-order valence-corrected chi connectivity index (χ4v) is 2.75. The van der Waals surface area contributed by atoms with E-state index in [1.54, 1.807) is 12.1 Å². The summed E-state index contributed by atoms with van der Waals surface area (Å²) in [5.41, 5.74) is 1.94. The van der Waals surface area contributed by atoms with Gasteiger partial charge in [0.25, 0.3) is 5.69 Å². The monoisotopic (exact) mass is 314 g/mol. The van der Waals surface area contributed by atoms with Gasteiger partial charge in [-0.25, -0.2) is 0 Å². The normalized spacial score (nSPS) is 22.3. The van der Waals surface area contributed by atoms with Gasteiger partial charge in [-0.05, 0) is 35.4 Å². The van der Waals surface area contributed by atoms with Crippen LogP contribution in [0, 0.1) is 10.1 Å². The number of nitro benzene ring substituents is 1. The van der Waals surface area contributed by atoms with E-state index in [2.05, 4.69) is 5.32 Å². The van der Waals surface area contributed by atoms with E-state index in [0.29, 0.717) is 12.3 Å². The Hall–Kier alpha value is -2.64. The van der Waals surface area contributed by atoms with Crippen LogP contribution in [0.25, 0.3) is 0 Å². The third-order valence-electron chi connectivity index (χ3n) is 3.96. The van der Waals surface area contributed by atoms with Crippen LogP contribution in [0.1, 0.15) is 23.5 Å². The van der Waals surface area contributed by atoms with E-state index in [0.717, 1.165) is 16.9 Å². The first kappa shape index (κ1) is 14.0. The van der Waals surface area contributed by atoms with Crippen molar-refractivity contribution in [1.82, 2.24) is 5.32 Å². The van der Waals surface area contributed by atoms with Gasteiger partial charge in [-0.15, -0.1) is 0 Å². The van der Waals surface area contributed by atoms with Gasteiger partial charge in [-0.1, -0.05) is 6.07 Å². The molecule has 2 unspecified atom stereocenters. The smallest absolute Gasteiger partial charge is 0.269 e. The summed E-state index contributed by atoms with van der Waals surface area (Å²) in [4.78, 5) is 10.3. The van der Waals surface area contributed by atoms with Gasteiger partial charge in [0.2, 0.25) is 6.79 Å². The zero-order chi connectivity index (χ0) is 15.8. The number of non-ortho nitro benzene ring substituents is 1. The molecule has 118 valence electrons. The minimum absolute atomic E-state index is 0.0760. The number of ether oxygens (including phenoxy) is 3. The highest BCUT2D eigenvalue weighted by molar-refractivity contribution is 5.45. The lowest BCUT2D eigenvalue weighted by Gasteiger charge is -2.13. The van der Waals surface area contributed by atoms with Crippen LogP contribution >= 0.6 is 0 Å². The SMILES string of the molecule is O=[N+]([O-])c1ccc(C2CNC(c3ccc4c(c3)OCO4)O2)cc1. The van der Waals surface area contributed by atoms with Gasteiger partial charge in [0.05, 0.1) is 11.0 Å². The largest absolute Gasteiger partial charge is 0.454 e. The zero-order valence-electron chi connectivity index (χ0n) is 12.1. The molecule has 1 saturated heterocycles. The van der Waals surface area contributed by atoms with Crippen LogP contribution in [0.5, 0.6) is 11.5 Å². The Morgan fingerprint density at radius 3 is 2.57 bits per heavy atom. The summed E-state index contributed by atoms with van der Waals surface area (Å²) in [6.07, 6.45) is -0.393. The Bertz CT molecular complexity index is 747. The van der Waals surface area contributed by atoms with Crippen molar-refractivity contribution in [3.63, 3.8) is 0 Å². The van der Waals surface area contributed by atoms with Gasteiger partial charge in [0.1, 0.15) is 6.23 Å². The number of rotatable bonds is 3. The lowest BCUT2D eigenvalue weighted by Crippen LogP contribution is -2.13. The van der Waals surface area contributed by atoms with Crippen LogP contribution in [-0.2, 0) is 4.74 Å². The number of nitrogens with zero attached hydrogens (tertiary/aromatic N) is 1. The topological polar surface area (TPSA) is 82.9 Å². The fourth-order valence-electron chi connectivity index (χ4n) is 2.75. The second kappa shape index (κ2) is 5.53. The number of benzene rings is 2. The highest BCUT2D eigenvalue weighted by Crippen LogP contribution is 2.37. The van der Waals surface area contributed by atoms with Gasteiger partial charge in [0, 0.05) is 18.7 Å². The molecule has 0 radical (unpaired) electrons. The Labute approximate surface area is 131 Å². The van der Waals surface area contributed by atoms with E-state index in [4.69, 9.17) is 14.2 Å². The molecule has 7 nitrogen and oxygen atoms in total. The van der Waals surface area contributed by atoms with Crippen LogP contribution in [0.2, 0.25) is 0 Å². The average molecular weight is 314 g/mol. The molecule has 1 N–H and O–H groups in total. The molecule has 2 atom stereocenters. The molecule has 2 aromatic rings. The van der Waals surface area contributed by atoms with E-state index in [9.17, 15) is 10.1 Å². The summed E-state index contributed by atoms with van der Waals surface area (Å²) in [5, 5.41) is 14.0. The minimum Gasteiger partial charge on any atom is -0.454 e. The molecule has 7 heteroatoms. The van der Waals surface area contributed by atoms with Crippen LogP contribution in [-0.4, -0.2) is 18.3 Å². The van der Waals surface area contributed by atoms with E-state index in [-0.39, 0.29) is 24.8 Å². The number of nitrogens with one attached hydrogen (secondary N) is 1.